The summed E-state index contributed by atoms with van der Waals surface area (Å²) in [6.45, 7) is 5.80. The number of carbonyl (C=O) groups excluding carboxylic acids is 3. The van der Waals surface area contributed by atoms with Crippen LogP contribution in [0.3, 0.4) is 0 Å². The largest absolute Gasteiger partial charge is 0.475 e. The molecule has 0 unspecified atom stereocenters. The minimum Gasteiger partial charge on any atom is -0.475 e. The van der Waals surface area contributed by atoms with Crippen LogP contribution in [0.4, 0.5) is 4.39 Å². The average molecular weight is 526 g/mol. The number of likely N-dealkylation sites (tertiary alicyclic amines) is 1. The van der Waals surface area contributed by atoms with Gasteiger partial charge in [-0.1, -0.05) is 12.1 Å². The Morgan fingerprint density at radius 1 is 1.11 bits per heavy atom. The summed E-state index contributed by atoms with van der Waals surface area (Å²) in [5.74, 6) is -1.47. The van der Waals surface area contributed by atoms with E-state index in [1.807, 2.05) is 0 Å². The average Bonchev–Trinajstić information content (AvgIpc) is 3.33. The summed E-state index contributed by atoms with van der Waals surface area (Å²) in [6, 6.07) is 8.53. The van der Waals surface area contributed by atoms with Crippen LogP contribution in [0.1, 0.15) is 34.6 Å². The van der Waals surface area contributed by atoms with Gasteiger partial charge < -0.3 is 24.6 Å². The van der Waals surface area contributed by atoms with Crippen LogP contribution in [-0.4, -0.2) is 108 Å². The van der Waals surface area contributed by atoms with Gasteiger partial charge in [-0.15, -0.1) is 0 Å². The van der Waals surface area contributed by atoms with E-state index in [2.05, 4.69) is 29.0 Å². The van der Waals surface area contributed by atoms with Gasteiger partial charge in [-0.3, -0.25) is 19.3 Å². The maximum Gasteiger partial charge on any atom is 0.257 e. The number of carbonyl (C=O) groups is 3. The summed E-state index contributed by atoms with van der Waals surface area (Å²) in [6.07, 6.45) is 1.17. The van der Waals surface area contributed by atoms with E-state index in [1.54, 1.807) is 23.1 Å². The van der Waals surface area contributed by atoms with Crippen LogP contribution in [0.2, 0.25) is 0 Å². The van der Waals surface area contributed by atoms with Gasteiger partial charge in [0.15, 0.2) is 0 Å². The number of fused-ring (bicyclic) bond motifs is 3. The van der Waals surface area contributed by atoms with Crippen molar-refractivity contribution in [1.82, 2.24) is 25.0 Å². The van der Waals surface area contributed by atoms with Gasteiger partial charge in [0.25, 0.3) is 11.8 Å². The molecule has 1 aromatic carbocycles. The van der Waals surface area contributed by atoms with E-state index in [4.69, 9.17) is 9.47 Å². The van der Waals surface area contributed by atoms with Crippen LogP contribution in [0, 0.1) is 5.82 Å². The highest BCUT2D eigenvalue weighted by molar-refractivity contribution is 5.96. The first-order chi connectivity index (χ1) is 18.3. The predicted octanol–water partition coefficient (Wildman–Crippen LogP) is 1.17. The quantitative estimate of drug-likeness (QED) is 0.628. The highest BCUT2D eigenvalue weighted by Crippen LogP contribution is 2.22. The fraction of sp³-hybridized carbons (Fsp3) is 0.481. The predicted molar refractivity (Wildman–Crippen MR) is 135 cm³/mol. The summed E-state index contributed by atoms with van der Waals surface area (Å²) in [4.78, 5) is 49.3. The Morgan fingerprint density at radius 2 is 1.92 bits per heavy atom. The smallest absolute Gasteiger partial charge is 0.257 e. The normalized spacial score (nSPS) is 24.8. The molecule has 38 heavy (non-hydrogen) atoms. The molecule has 3 aliphatic rings. The second-order valence-electron chi connectivity index (χ2n) is 10.1. The number of hydrogen-bond donors (Lipinski definition) is 1. The Bertz CT molecular complexity index is 1210. The lowest BCUT2D eigenvalue weighted by Gasteiger charge is -2.41. The number of aromatic nitrogens is 1. The first kappa shape index (κ1) is 26.1. The number of nitrogens with zero attached hydrogens (tertiary/aromatic N) is 4. The summed E-state index contributed by atoms with van der Waals surface area (Å²) in [5, 5.41) is 3.04. The first-order valence-electron chi connectivity index (χ1n) is 12.9. The van der Waals surface area contributed by atoms with E-state index >= 15 is 0 Å². The van der Waals surface area contributed by atoms with Crippen molar-refractivity contribution in [2.45, 2.75) is 38.1 Å². The van der Waals surface area contributed by atoms with Crippen LogP contribution in [0.25, 0.3) is 0 Å². The van der Waals surface area contributed by atoms with Crippen molar-refractivity contribution in [3.8, 4) is 5.88 Å². The molecule has 202 valence electrons. The molecule has 10 nitrogen and oxygen atoms in total. The molecule has 3 aliphatic heterocycles. The number of hydrogen-bond acceptors (Lipinski definition) is 7. The molecule has 0 saturated carbocycles. The number of piperazine rings is 1. The number of amides is 3. The molecule has 3 amide bonds. The molecule has 3 atom stereocenters. The molecule has 0 aliphatic carbocycles. The fourth-order valence-corrected chi connectivity index (χ4v) is 5.21. The van der Waals surface area contributed by atoms with Crippen LogP contribution in [0.15, 0.2) is 42.6 Å². The van der Waals surface area contributed by atoms with E-state index in [0.29, 0.717) is 13.1 Å². The Morgan fingerprint density at radius 3 is 2.71 bits per heavy atom. The van der Waals surface area contributed by atoms with E-state index in [-0.39, 0.29) is 79.9 Å². The highest BCUT2D eigenvalue weighted by Gasteiger charge is 2.39. The molecule has 1 aromatic heterocycles. The van der Waals surface area contributed by atoms with Crippen molar-refractivity contribution in [3.63, 3.8) is 0 Å². The minimum atomic E-state index is -0.596. The lowest BCUT2D eigenvalue weighted by Crippen LogP contribution is -2.59. The number of ether oxygens (including phenoxy) is 2. The zero-order valence-electron chi connectivity index (χ0n) is 21.5. The second-order valence-corrected chi connectivity index (χ2v) is 10.1. The highest BCUT2D eigenvalue weighted by atomic mass is 19.1. The van der Waals surface area contributed by atoms with E-state index in [1.165, 1.54) is 29.3 Å². The van der Waals surface area contributed by atoms with Gasteiger partial charge >= 0.3 is 0 Å². The van der Waals surface area contributed by atoms with Gasteiger partial charge in [0, 0.05) is 45.0 Å². The fourth-order valence-electron chi connectivity index (χ4n) is 5.21. The van der Waals surface area contributed by atoms with Crippen LogP contribution in [0.5, 0.6) is 5.88 Å². The van der Waals surface area contributed by atoms with E-state index in [0.717, 1.165) is 0 Å². The van der Waals surface area contributed by atoms with Crippen molar-refractivity contribution < 1.29 is 28.2 Å². The Labute approximate surface area is 220 Å². The first-order valence-corrected chi connectivity index (χ1v) is 12.9. The number of pyridine rings is 1. The lowest BCUT2D eigenvalue weighted by atomic mass is 10.1. The number of benzene rings is 1. The summed E-state index contributed by atoms with van der Waals surface area (Å²) in [5.41, 5.74) is 0.258. The molecule has 2 aromatic rings. The van der Waals surface area contributed by atoms with Crippen molar-refractivity contribution in [2.75, 3.05) is 45.9 Å². The third-order valence-corrected chi connectivity index (χ3v) is 7.38. The SMILES string of the molecule is CC(C)N1C[C@@H]2OCC(=O)N3CCN(C(=O)c4ccccc4F)C[C@H]3COc3ncccc3C(=O)N[C@@H]2C1. The molecule has 11 heteroatoms. The lowest BCUT2D eigenvalue weighted by molar-refractivity contribution is -0.143. The third-order valence-electron chi connectivity index (χ3n) is 7.38. The molecule has 0 bridgehead atoms. The van der Waals surface area contributed by atoms with Crippen LogP contribution < -0.4 is 10.1 Å². The zero-order chi connectivity index (χ0) is 26.8. The van der Waals surface area contributed by atoms with Crippen molar-refractivity contribution in [3.05, 3.63) is 59.5 Å². The van der Waals surface area contributed by atoms with Gasteiger partial charge in [-0.05, 0) is 38.1 Å². The standard InChI is InChI=1S/C27H32FN5O5/c1-17(2)32-13-22-23(14-32)37-16-24(34)33-11-10-31(27(36)19-6-3-4-8-21(19)28)12-18(33)15-38-26-20(25(35)30-22)7-5-9-29-26/h3-9,17-18,22-23H,10-16H2,1-2H3,(H,30,35)/t18-,22+,23-/m0/s1. The Kier molecular flexibility index (Phi) is 7.57. The minimum absolute atomic E-state index is 0.00192. The Hall–Kier alpha value is -3.57. The molecule has 4 heterocycles. The number of rotatable bonds is 2. The van der Waals surface area contributed by atoms with Crippen molar-refractivity contribution in [2.24, 2.45) is 0 Å². The third kappa shape index (κ3) is 5.34. The number of halogens is 1. The van der Waals surface area contributed by atoms with E-state index < -0.39 is 17.8 Å². The monoisotopic (exact) mass is 525 g/mol. The summed E-state index contributed by atoms with van der Waals surface area (Å²) in [7, 11) is 0. The van der Waals surface area contributed by atoms with Crippen molar-refractivity contribution in [1.29, 1.82) is 0 Å². The molecular weight excluding hydrogens is 493 g/mol. The molecular formula is C27H32FN5O5. The van der Waals surface area contributed by atoms with Gasteiger partial charge in [0.1, 0.15) is 24.6 Å². The zero-order valence-corrected chi connectivity index (χ0v) is 21.5. The molecule has 2 fully saturated rings. The summed E-state index contributed by atoms with van der Waals surface area (Å²) >= 11 is 0. The van der Waals surface area contributed by atoms with Gasteiger partial charge in [-0.2, -0.15) is 0 Å². The summed E-state index contributed by atoms with van der Waals surface area (Å²) < 4.78 is 26.4. The molecule has 5 rings (SSSR count). The maximum atomic E-state index is 14.3. The van der Waals surface area contributed by atoms with Gasteiger partial charge in [0.2, 0.25) is 11.8 Å². The molecule has 0 radical (unpaired) electrons. The van der Waals surface area contributed by atoms with Crippen molar-refractivity contribution >= 4 is 17.7 Å². The topological polar surface area (TPSA) is 104 Å². The van der Waals surface area contributed by atoms with Gasteiger partial charge in [0.05, 0.1) is 23.8 Å². The van der Waals surface area contributed by atoms with E-state index in [9.17, 15) is 18.8 Å². The van der Waals surface area contributed by atoms with Crippen LogP contribution >= 0.6 is 0 Å². The van der Waals surface area contributed by atoms with Crippen LogP contribution in [-0.2, 0) is 9.53 Å². The Balaban J connectivity index is 1.41. The molecule has 1 N–H and O–H groups in total. The van der Waals surface area contributed by atoms with Gasteiger partial charge in [-0.25, -0.2) is 9.37 Å². The number of nitrogens with one attached hydrogen (secondary N) is 1. The molecule has 2 saturated heterocycles. The maximum absolute atomic E-state index is 14.3. The second kappa shape index (κ2) is 11.0. The molecule has 0 spiro atoms.